The Bertz CT molecular complexity index is 235. The van der Waals surface area contributed by atoms with Crippen LogP contribution in [0.3, 0.4) is 0 Å². The second-order valence-electron chi connectivity index (χ2n) is 5.44. The maximum atomic E-state index is 11.1. The number of hydrogen-bond donors (Lipinski definition) is 0. The third-order valence-corrected chi connectivity index (χ3v) is 3.48. The molecule has 0 saturated carbocycles. The van der Waals surface area contributed by atoms with Gasteiger partial charge in [-0.15, -0.1) is 0 Å². The molecule has 1 atom stereocenters. The van der Waals surface area contributed by atoms with E-state index >= 15 is 0 Å². The summed E-state index contributed by atoms with van der Waals surface area (Å²) in [6.45, 7) is 10.6. The molecular formula is C13H27N3O. The molecule has 0 N–H and O–H groups in total. The molecule has 0 aromatic carbocycles. The van der Waals surface area contributed by atoms with Gasteiger partial charge in [-0.1, -0.05) is 0 Å². The van der Waals surface area contributed by atoms with E-state index in [0.29, 0.717) is 18.2 Å². The second-order valence-corrected chi connectivity index (χ2v) is 5.44. The summed E-state index contributed by atoms with van der Waals surface area (Å²) >= 11 is 0. The van der Waals surface area contributed by atoms with Gasteiger partial charge in [0.1, 0.15) is 5.78 Å². The monoisotopic (exact) mass is 241 g/mol. The first kappa shape index (κ1) is 14.6. The van der Waals surface area contributed by atoms with Gasteiger partial charge in [-0.25, -0.2) is 0 Å². The van der Waals surface area contributed by atoms with E-state index in [2.05, 4.69) is 35.7 Å². The van der Waals surface area contributed by atoms with Gasteiger partial charge in [0.25, 0.3) is 0 Å². The van der Waals surface area contributed by atoms with Crippen molar-refractivity contribution < 1.29 is 4.79 Å². The average Bonchev–Trinajstić information content (AvgIpc) is 2.26. The SMILES string of the molecule is CC(=O)CC(C)N1CCN(CCN(C)C)CC1. The predicted molar refractivity (Wildman–Crippen MR) is 71.3 cm³/mol. The van der Waals surface area contributed by atoms with Crippen LogP contribution in [-0.4, -0.2) is 79.9 Å². The van der Waals surface area contributed by atoms with Gasteiger partial charge < -0.3 is 4.90 Å². The van der Waals surface area contributed by atoms with E-state index in [1.165, 1.54) is 0 Å². The van der Waals surface area contributed by atoms with Crippen molar-refractivity contribution in [1.29, 1.82) is 0 Å². The van der Waals surface area contributed by atoms with Crippen molar-refractivity contribution in [2.45, 2.75) is 26.3 Å². The van der Waals surface area contributed by atoms with E-state index in [1.54, 1.807) is 6.92 Å². The fraction of sp³-hybridized carbons (Fsp3) is 0.923. The summed E-state index contributed by atoms with van der Waals surface area (Å²) in [7, 11) is 4.23. The molecule has 1 rings (SSSR count). The number of rotatable bonds is 6. The molecule has 0 aliphatic carbocycles. The summed E-state index contributed by atoms with van der Waals surface area (Å²) in [4.78, 5) is 18.3. The minimum Gasteiger partial charge on any atom is -0.308 e. The van der Waals surface area contributed by atoms with Crippen molar-refractivity contribution in [3.8, 4) is 0 Å². The molecular weight excluding hydrogens is 214 g/mol. The molecule has 4 nitrogen and oxygen atoms in total. The molecule has 1 fully saturated rings. The molecule has 0 spiro atoms. The highest BCUT2D eigenvalue weighted by atomic mass is 16.1. The minimum absolute atomic E-state index is 0.299. The highest BCUT2D eigenvalue weighted by molar-refractivity contribution is 5.76. The van der Waals surface area contributed by atoms with Crippen molar-refractivity contribution in [3.05, 3.63) is 0 Å². The highest BCUT2D eigenvalue weighted by Gasteiger charge is 2.21. The third-order valence-electron chi connectivity index (χ3n) is 3.48. The van der Waals surface area contributed by atoms with Gasteiger partial charge in [-0.3, -0.25) is 14.6 Å². The van der Waals surface area contributed by atoms with Crippen LogP contribution in [0.2, 0.25) is 0 Å². The fourth-order valence-electron chi connectivity index (χ4n) is 2.31. The number of hydrogen-bond acceptors (Lipinski definition) is 4. The summed E-state index contributed by atoms with van der Waals surface area (Å²) < 4.78 is 0. The van der Waals surface area contributed by atoms with Gasteiger partial charge >= 0.3 is 0 Å². The van der Waals surface area contributed by atoms with Crippen LogP contribution in [0, 0.1) is 0 Å². The molecule has 0 aromatic heterocycles. The molecule has 1 saturated heterocycles. The first-order valence-corrected chi connectivity index (χ1v) is 6.59. The molecule has 1 heterocycles. The van der Waals surface area contributed by atoms with E-state index in [-0.39, 0.29) is 0 Å². The van der Waals surface area contributed by atoms with Crippen LogP contribution in [-0.2, 0) is 4.79 Å². The Morgan fingerprint density at radius 2 is 1.82 bits per heavy atom. The highest BCUT2D eigenvalue weighted by Crippen LogP contribution is 2.09. The first-order chi connectivity index (χ1) is 7.99. The van der Waals surface area contributed by atoms with Crippen molar-refractivity contribution in [1.82, 2.24) is 14.7 Å². The topological polar surface area (TPSA) is 26.8 Å². The van der Waals surface area contributed by atoms with Crippen molar-refractivity contribution in [3.63, 3.8) is 0 Å². The molecule has 1 aliphatic heterocycles. The Labute approximate surface area is 106 Å². The molecule has 4 heteroatoms. The number of likely N-dealkylation sites (N-methyl/N-ethyl adjacent to an activating group) is 1. The molecule has 17 heavy (non-hydrogen) atoms. The summed E-state index contributed by atoms with van der Waals surface area (Å²) in [6.07, 6.45) is 0.692. The number of carbonyl (C=O) groups excluding carboxylic acids is 1. The van der Waals surface area contributed by atoms with Crippen LogP contribution in [0.25, 0.3) is 0 Å². The molecule has 1 unspecified atom stereocenters. The van der Waals surface area contributed by atoms with Crippen molar-refractivity contribution in [2.75, 3.05) is 53.4 Å². The van der Waals surface area contributed by atoms with E-state index in [9.17, 15) is 4.79 Å². The summed E-state index contributed by atoms with van der Waals surface area (Å²) in [5.74, 6) is 0.299. The summed E-state index contributed by atoms with van der Waals surface area (Å²) in [5, 5.41) is 0. The first-order valence-electron chi connectivity index (χ1n) is 6.59. The Kier molecular flexibility index (Phi) is 6.09. The van der Waals surface area contributed by atoms with Crippen LogP contribution in [0.5, 0.6) is 0 Å². The number of Topliss-reactive ketones (excluding diaryl/α,β-unsaturated/α-hetero) is 1. The molecule has 0 amide bonds. The number of ketones is 1. The lowest BCUT2D eigenvalue weighted by Crippen LogP contribution is -2.51. The zero-order valence-electron chi connectivity index (χ0n) is 11.8. The Balaban J connectivity index is 2.23. The predicted octanol–water partition coefficient (Wildman–Crippen LogP) is 0.533. The molecule has 0 radical (unpaired) electrons. The quantitative estimate of drug-likeness (QED) is 0.678. The summed E-state index contributed by atoms with van der Waals surface area (Å²) in [5.41, 5.74) is 0. The van der Waals surface area contributed by atoms with Gasteiger partial charge in [0, 0.05) is 51.7 Å². The summed E-state index contributed by atoms with van der Waals surface area (Å²) in [6, 6.07) is 0.406. The van der Waals surface area contributed by atoms with Crippen molar-refractivity contribution >= 4 is 5.78 Å². The largest absolute Gasteiger partial charge is 0.308 e. The maximum absolute atomic E-state index is 11.1. The number of carbonyl (C=O) groups is 1. The fourth-order valence-corrected chi connectivity index (χ4v) is 2.31. The van der Waals surface area contributed by atoms with E-state index < -0.39 is 0 Å². The molecule has 100 valence electrons. The van der Waals surface area contributed by atoms with Crippen LogP contribution in [0.4, 0.5) is 0 Å². The van der Waals surface area contributed by atoms with Crippen LogP contribution in [0.15, 0.2) is 0 Å². The van der Waals surface area contributed by atoms with E-state index in [4.69, 9.17) is 0 Å². The van der Waals surface area contributed by atoms with Gasteiger partial charge in [0.2, 0.25) is 0 Å². The standard InChI is InChI=1S/C13H27N3O/c1-12(11-13(2)17)16-9-7-15(8-10-16)6-5-14(3)4/h12H,5-11H2,1-4H3. The normalized spacial score (nSPS) is 20.8. The van der Waals surface area contributed by atoms with Crippen LogP contribution >= 0.6 is 0 Å². The van der Waals surface area contributed by atoms with Crippen molar-refractivity contribution in [2.24, 2.45) is 0 Å². The lowest BCUT2D eigenvalue weighted by molar-refractivity contribution is -0.118. The third kappa shape index (κ3) is 5.61. The smallest absolute Gasteiger partial charge is 0.131 e. The van der Waals surface area contributed by atoms with Crippen LogP contribution < -0.4 is 0 Å². The minimum atomic E-state index is 0.299. The molecule has 1 aliphatic rings. The lowest BCUT2D eigenvalue weighted by Gasteiger charge is -2.38. The van der Waals surface area contributed by atoms with Gasteiger partial charge in [-0.05, 0) is 27.9 Å². The van der Waals surface area contributed by atoms with Gasteiger partial charge in [0.15, 0.2) is 0 Å². The van der Waals surface area contributed by atoms with Gasteiger partial charge in [0.05, 0.1) is 0 Å². The Hall–Kier alpha value is -0.450. The lowest BCUT2D eigenvalue weighted by atomic mass is 10.1. The van der Waals surface area contributed by atoms with Crippen LogP contribution in [0.1, 0.15) is 20.3 Å². The maximum Gasteiger partial charge on any atom is 0.131 e. The average molecular weight is 241 g/mol. The Morgan fingerprint density at radius 1 is 1.24 bits per heavy atom. The van der Waals surface area contributed by atoms with E-state index in [1.807, 2.05) is 0 Å². The molecule has 0 aromatic rings. The number of piperazine rings is 1. The van der Waals surface area contributed by atoms with E-state index in [0.717, 1.165) is 39.3 Å². The van der Waals surface area contributed by atoms with Gasteiger partial charge in [-0.2, -0.15) is 0 Å². The Morgan fingerprint density at radius 3 is 2.29 bits per heavy atom. The zero-order valence-corrected chi connectivity index (χ0v) is 11.8. The second kappa shape index (κ2) is 7.09. The zero-order chi connectivity index (χ0) is 12.8. The number of nitrogens with zero attached hydrogens (tertiary/aromatic N) is 3. The molecule has 0 bridgehead atoms.